The summed E-state index contributed by atoms with van der Waals surface area (Å²) in [6.07, 6.45) is 0. The van der Waals surface area contributed by atoms with Gasteiger partial charge < -0.3 is 5.11 Å². The predicted molar refractivity (Wildman–Crippen MR) is 70.0 cm³/mol. The molecule has 0 amide bonds. The van der Waals surface area contributed by atoms with E-state index in [0.29, 0.717) is 5.69 Å². The molecule has 0 bridgehead atoms. The summed E-state index contributed by atoms with van der Waals surface area (Å²) >= 11 is 0. The number of phenols is 1. The lowest BCUT2D eigenvalue weighted by molar-refractivity contribution is 0.467. The van der Waals surface area contributed by atoms with Crippen LogP contribution in [0.5, 0.6) is 5.75 Å². The standard InChI is InChI=1S/C14H13N3O/c1-9-3-5-11-12(7-9)16-17(15-11)13-6-4-10(2)8-14(13)18/h3-8,18H,1-2H3. The molecule has 0 aliphatic rings. The van der Waals surface area contributed by atoms with Gasteiger partial charge in [0.05, 0.1) is 0 Å². The van der Waals surface area contributed by atoms with Crippen LogP contribution in [0.2, 0.25) is 0 Å². The van der Waals surface area contributed by atoms with Crippen molar-refractivity contribution >= 4 is 11.0 Å². The zero-order valence-electron chi connectivity index (χ0n) is 10.3. The lowest BCUT2D eigenvalue weighted by Gasteiger charge is -2.03. The van der Waals surface area contributed by atoms with Crippen LogP contribution in [0, 0.1) is 13.8 Å². The largest absolute Gasteiger partial charge is 0.506 e. The van der Waals surface area contributed by atoms with E-state index in [-0.39, 0.29) is 5.75 Å². The van der Waals surface area contributed by atoms with Crippen LogP contribution >= 0.6 is 0 Å². The van der Waals surface area contributed by atoms with Crippen molar-refractivity contribution in [3.63, 3.8) is 0 Å². The second-order valence-electron chi connectivity index (χ2n) is 4.47. The Kier molecular flexibility index (Phi) is 2.30. The minimum Gasteiger partial charge on any atom is -0.506 e. The Bertz CT molecular complexity index is 731. The van der Waals surface area contributed by atoms with E-state index in [1.165, 1.54) is 4.80 Å². The van der Waals surface area contributed by atoms with Crippen LogP contribution in [0.4, 0.5) is 0 Å². The molecule has 2 aromatic carbocycles. The van der Waals surface area contributed by atoms with Gasteiger partial charge in [-0.2, -0.15) is 0 Å². The van der Waals surface area contributed by atoms with Gasteiger partial charge in [-0.3, -0.25) is 0 Å². The Labute approximate surface area is 104 Å². The van der Waals surface area contributed by atoms with E-state index in [9.17, 15) is 5.11 Å². The Morgan fingerprint density at radius 1 is 0.889 bits per heavy atom. The minimum absolute atomic E-state index is 0.187. The first-order chi connectivity index (χ1) is 8.63. The molecular formula is C14H13N3O. The highest BCUT2D eigenvalue weighted by Crippen LogP contribution is 2.22. The number of hydrogen-bond acceptors (Lipinski definition) is 3. The van der Waals surface area contributed by atoms with E-state index in [1.807, 2.05) is 44.2 Å². The van der Waals surface area contributed by atoms with E-state index in [2.05, 4.69) is 10.2 Å². The molecule has 0 aliphatic carbocycles. The van der Waals surface area contributed by atoms with Crippen molar-refractivity contribution in [1.29, 1.82) is 0 Å². The van der Waals surface area contributed by atoms with Crippen LogP contribution in [0.1, 0.15) is 11.1 Å². The van der Waals surface area contributed by atoms with Crippen LogP contribution in [0.25, 0.3) is 16.7 Å². The average Bonchev–Trinajstić information content (AvgIpc) is 2.71. The van der Waals surface area contributed by atoms with Crippen LogP contribution in [-0.2, 0) is 0 Å². The number of aryl methyl sites for hydroxylation is 2. The van der Waals surface area contributed by atoms with Gasteiger partial charge in [-0.25, -0.2) is 0 Å². The molecule has 0 saturated carbocycles. The fourth-order valence-electron chi connectivity index (χ4n) is 1.93. The first kappa shape index (κ1) is 10.8. The summed E-state index contributed by atoms with van der Waals surface area (Å²) in [5, 5.41) is 18.7. The summed E-state index contributed by atoms with van der Waals surface area (Å²) in [6, 6.07) is 11.3. The number of phenolic OH excluding ortho intramolecular Hbond substituents is 1. The highest BCUT2D eigenvalue weighted by molar-refractivity contribution is 5.74. The van der Waals surface area contributed by atoms with Gasteiger partial charge in [-0.05, 0) is 49.2 Å². The molecule has 0 saturated heterocycles. The zero-order valence-corrected chi connectivity index (χ0v) is 10.3. The summed E-state index contributed by atoms with van der Waals surface area (Å²) in [4.78, 5) is 1.47. The van der Waals surface area contributed by atoms with Crippen molar-refractivity contribution < 1.29 is 5.11 Å². The van der Waals surface area contributed by atoms with Gasteiger partial charge in [0.15, 0.2) is 0 Å². The third-order valence-electron chi connectivity index (χ3n) is 2.88. The molecule has 3 rings (SSSR count). The van der Waals surface area contributed by atoms with Gasteiger partial charge in [0.1, 0.15) is 22.5 Å². The minimum atomic E-state index is 0.187. The summed E-state index contributed by atoms with van der Waals surface area (Å²) in [5.41, 5.74) is 4.39. The lowest BCUT2D eigenvalue weighted by Crippen LogP contribution is -1.98. The molecule has 0 spiro atoms. The highest BCUT2D eigenvalue weighted by Gasteiger charge is 2.08. The van der Waals surface area contributed by atoms with Gasteiger partial charge >= 0.3 is 0 Å². The van der Waals surface area contributed by atoms with Crippen LogP contribution < -0.4 is 0 Å². The van der Waals surface area contributed by atoms with Gasteiger partial charge in [0, 0.05) is 0 Å². The smallest absolute Gasteiger partial charge is 0.143 e. The van der Waals surface area contributed by atoms with Crippen molar-refractivity contribution in [3.8, 4) is 11.4 Å². The molecule has 90 valence electrons. The molecule has 3 aromatic rings. The third-order valence-corrected chi connectivity index (χ3v) is 2.88. The van der Waals surface area contributed by atoms with Crippen molar-refractivity contribution in [1.82, 2.24) is 15.0 Å². The van der Waals surface area contributed by atoms with E-state index < -0.39 is 0 Å². The maximum atomic E-state index is 9.92. The first-order valence-corrected chi connectivity index (χ1v) is 5.77. The van der Waals surface area contributed by atoms with Gasteiger partial charge in [-0.15, -0.1) is 15.0 Å². The molecule has 1 aromatic heterocycles. The molecule has 18 heavy (non-hydrogen) atoms. The maximum absolute atomic E-state index is 9.92. The number of aromatic hydroxyl groups is 1. The molecule has 0 fully saturated rings. The number of rotatable bonds is 1. The summed E-state index contributed by atoms with van der Waals surface area (Å²) in [5.74, 6) is 0.187. The van der Waals surface area contributed by atoms with Crippen molar-refractivity contribution in [2.75, 3.05) is 0 Å². The molecule has 4 heteroatoms. The van der Waals surface area contributed by atoms with Gasteiger partial charge in [0.25, 0.3) is 0 Å². The van der Waals surface area contributed by atoms with E-state index >= 15 is 0 Å². The lowest BCUT2D eigenvalue weighted by atomic mass is 10.2. The van der Waals surface area contributed by atoms with Crippen LogP contribution in [-0.4, -0.2) is 20.1 Å². The first-order valence-electron chi connectivity index (χ1n) is 5.77. The van der Waals surface area contributed by atoms with E-state index in [1.54, 1.807) is 6.07 Å². The molecular weight excluding hydrogens is 226 g/mol. The molecule has 0 atom stereocenters. The molecule has 0 aliphatic heterocycles. The number of fused-ring (bicyclic) bond motifs is 1. The number of aromatic nitrogens is 3. The monoisotopic (exact) mass is 239 g/mol. The average molecular weight is 239 g/mol. The highest BCUT2D eigenvalue weighted by atomic mass is 16.3. The molecule has 1 heterocycles. The SMILES string of the molecule is Cc1ccc(-n2nc3ccc(C)cc3n2)c(O)c1. The Morgan fingerprint density at radius 3 is 2.33 bits per heavy atom. The molecule has 0 radical (unpaired) electrons. The van der Waals surface area contributed by atoms with Crippen molar-refractivity contribution in [3.05, 3.63) is 47.5 Å². The molecule has 4 nitrogen and oxygen atoms in total. The van der Waals surface area contributed by atoms with Gasteiger partial charge in [0.2, 0.25) is 0 Å². The third kappa shape index (κ3) is 1.72. The molecule has 0 unspecified atom stereocenters. The Morgan fingerprint density at radius 2 is 1.56 bits per heavy atom. The number of nitrogens with zero attached hydrogens (tertiary/aromatic N) is 3. The summed E-state index contributed by atoms with van der Waals surface area (Å²) < 4.78 is 0. The summed E-state index contributed by atoms with van der Waals surface area (Å²) in [6.45, 7) is 3.95. The van der Waals surface area contributed by atoms with E-state index in [4.69, 9.17) is 0 Å². The van der Waals surface area contributed by atoms with Crippen molar-refractivity contribution in [2.45, 2.75) is 13.8 Å². The predicted octanol–water partition coefficient (Wildman–Crippen LogP) is 2.74. The van der Waals surface area contributed by atoms with Crippen LogP contribution in [0.3, 0.4) is 0 Å². The van der Waals surface area contributed by atoms with Crippen molar-refractivity contribution in [2.24, 2.45) is 0 Å². The Balaban J connectivity index is 2.19. The van der Waals surface area contributed by atoms with Crippen LogP contribution in [0.15, 0.2) is 36.4 Å². The second-order valence-corrected chi connectivity index (χ2v) is 4.47. The normalized spacial score (nSPS) is 11.0. The molecule has 1 N–H and O–H groups in total. The second kappa shape index (κ2) is 3.84. The summed E-state index contributed by atoms with van der Waals surface area (Å²) in [7, 11) is 0. The zero-order chi connectivity index (χ0) is 12.7. The Hall–Kier alpha value is -2.36. The fraction of sp³-hybridized carbons (Fsp3) is 0.143. The maximum Gasteiger partial charge on any atom is 0.143 e. The quantitative estimate of drug-likeness (QED) is 0.710. The van der Waals surface area contributed by atoms with E-state index in [0.717, 1.165) is 22.2 Å². The topological polar surface area (TPSA) is 50.9 Å². The fourth-order valence-corrected chi connectivity index (χ4v) is 1.93. The van der Waals surface area contributed by atoms with Gasteiger partial charge in [-0.1, -0.05) is 12.1 Å². The number of hydrogen-bond donors (Lipinski definition) is 1. The number of benzene rings is 2.